The van der Waals surface area contributed by atoms with Crippen molar-refractivity contribution in [1.29, 1.82) is 0 Å². The van der Waals surface area contributed by atoms with Crippen LogP contribution in [0.5, 0.6) is 0 Å². The molecule has 0 N–H and O–H groups in total. The maximum Gasteiger partial charge on any atom is 0.307 e. The molecule has 0 atom stereocenters. The summed E-state index contributed by atoms with van der Waals surface area (Å²) in [5, 5.41) is 0. The van der Waals surface area contributed by atoms with Gasteiger partial charge in [0.2, 0.25) is 0 Å². The van der Waals surface area contributed by atoms with Crippen molar-refractivity contribution in [2.24, 2.45) is 0 Å². The van der Waals surface area contributed by atoms with Crippen LogP contribution in [0.25, 0.3) is 0 Å². The van der Waals surface area contributed by atoms with E-state index in [1.54, 1.807) is 0 Å². The van der Waals surface area contributed by atoms with E-state index in [9.17, 15) is 14.4 Å². The largest absolute Gasteiger partial charge is 0.466 e. The number of esters is 3. The Morgan fingerprint density at radius 1 is 0.362 bits per heavy atom. The first-order chi connectivity index (χ1) is 28.4. The van der Waals surface area contributed by atoms with Gasteiger partial charge in [-0.1, -0.05) is 154 Å². The van der Waals surface area contributed by atoms with E-state index in [0.29, 0.717) is 39.3 Å². The first-order valence-corrected chi connectivity index (χ1v) is 24.5. The van der Waals surface area contributed by atoms with E-state index in [4.69, 9.17) is 14.2 Å². The average Bonchev–Trinajstić information content (AvgIpc) is 3.20. The number of carbonyl (C=O) groups excluding carboxylic acids is 3. The lowest BCUT2D eigenvalue weighted by molar-refractivity contribution is -0.147. The minimum atomic E-state index is -0.221. The fourth-order valence-corrected chi connectivity index (χ4v) is 6.95. The summed E-state index contributed by atoms with van der Waals surface area (Å²) in [5.41, 5.74) is 0. The summed E-state index contributed by atoms with van der Waals surface area (Å²) in [6, 6.07) is 0. The van der Waals surface area contributed by atoms with Gasteiger partial charge in [-0.3, -0.25) is 19.3 Å². The van der Waals surface area contributed by atoms with Crippen LogP contribution in [-0.4, -0.2) is 87.8 Å². The molecule has 8 heteroatoms. The second-order valence-corrected chi connectivity index (χ2v) is 16.8. The van der Waals surface area contributed by atoms with Crippen LogP contribution in [0.15, 0.2) is 24.3 Å². The molecule has 0 fully saturated rings. The molecular weight excluding hydrogens is 725 g/mol. The molecule has 0 spiro atoms. The zero-order valence-corrected chi connectivity index (χ0v) is 38.7. The Kier molecular flexibility index (Phi) is 44.2. The summed E-state index contributed by atoms with van der Waals surface area (Å²) in [4.78, 5) is 41.3. The van der Waals surface area contributed by atoms with Gasteiger partial charge in [0.1, 0.15) is 6.61 Å². The SMILES string of the molecule is CCCCCCCC/C=C\CCCCCCCCOC(=O)CCN(CCOC(=O)CCCN(C)C)CCC(=O)OCCCCCCCC/C=C\CCCCCCCC. The summed E-state index contributed by atoms with van der Waals surface area (Å²) in [6.07, 6.45) is 46.0. The molecule has 0 aromatic heterocycles. The highest BCUT2D eigenvalue weighted by atomic mass is 16.5. The molecule has 0 bridgehead atoms. The van der Waals surface area contributed by atoms with Crippen molar-refractivity contribution >= 4 is 17.9 Å². The van der Waals surface area contributed by atoms with Crippen molar-refractivity contribution in [3.8, 4) is 0 Å². The van der Waals surface area contributed by atoms with Gasteiger partial charge in [-0.25, -0.2) is 0 Å². The van der Waals surface area contributed by atoms with Crippen LogP contribution in [0.2, 0.25) is 0 Å². The van der Waals surface area contributed by atoms with Crippen molar-refractivity contribution < 1.29 is 28.6 Å². The van der Waals surface area contributed by atoms with E-state index >= 15 is 0 Å². The highest BCUT2D eigenvalue weighted by Crippen LogP contribution is 2.12. The van der Waals surface area contributed by atoms with Gasteiger partial charge in [-0.2, -0.15) is 0 Å². The summed E-state index contributed by atoms with van der Waals surface area (Å²) in [5.74, 6) is -0.658. The minimum Gasteiger partial charge on any atom is -0.466 e. The highest BCUT2D eigenvalue weighted by Gasteiger charge is 2.14. The Labute approximate surface area is 359 Å². The van der Waals surface area contributed by atoms with Crippen LogP contribution in [0.1, 0.15) is 219 Å². The Bertz CT molecular complexity index is 908. The zero-order chi connectivity index (χ0) is 42.4. The number of hydrogen-bond acceptors (Lipinski definition) is 8. The molecule has 0 rings (SSSR count). The summed E-state index contributed by atoms with van der Waals surface area (Å²) >= 11 is 0. The Morgan fingerprint density at radius 3 is 1.07 bits per heavy atom. The molecule has 0 amide bonds. The van der Waals surface area contributed by atoms with Crippen LogP contribution in [0.3, 0.4) is 0 Å². The molecular formula is C50H94N2O6. The molecule has 0 radical (unpaired) electrons. The molecule has 0 aromatic carbocycles. The first kappa shape index (κ1) is 55.8. The summed E-state index contributed by atoms with van der Waals surface area (Å²) in [6.45, 7) is 7.87. The van der Waals surface area contributed by atoms with Crippen molar-refractivity contribution in [3.05, 3.63) is 24.3 Å². The number of unbranched alkanes of at least 4 members (excludes halogenated alkanes) is 24. The van der Waals surface area contributed by atoms with Crippen LogP contribution in [0, 0.1) is 0 Å². The van der Waals surface area contributed by atoms with E-state index in [-0.39, 0.29) is 37.4 Å². The summed E-state index contributed by atoms with van der Waals surface area (Å²) < 4.78 is 16.5. The van der Waals surface area contributed by atoms with Gasteiger partial charge in [0.25, 0.3) is 0 Å². The smallest absolute Gasteiger partial charge is 0.307 e. The third-order valence-electron chi connectivity index (χ3n) is 10.8. The van der Waals surface area contributed by atoms with Crippen LogP contribution < -0.4 is 0 Å². The van der Waals surface area contributed by atoms with Crippen molar-refractivity contribution in [2.45, 2.75) is 219 Å². The number of allylic oxidation sites excluding steroid dienone is 4. The Morgan fingerprint density at radius 2 is 0.690 bits per heavy atom. The Hall–Kier alpha value is -2.19. The van der Waals surface area contributed by atoms with Crippen molar-refractivity contribution in [2.75, 3.05) is 60.1 Å². The number of ether oxygens (including phenoxy) is 3. The fourth-order valence-electron chi connectivity index (χ4n) is 6.95. The first-order valence-electron chi connectivity index (χ1n) is 24.5. The molecule has 0 unspecified atom stereocenters. The van der Waals surface area contributed by atoms with Crippen LogP contribution in [-0.2, 0) is 28.6 Å². The molecule has 0 saturated heterocycles. The molecule has 0 aliphatic rings. The lowest BCUT2D eigenvalue weighted by Crippen LogP contribution is -2.33. The molecule has 0 saturated carbocycles. The molecule has 0 heterocycles. The van der Waals surface area contributed by atoms with E-state index < -0.39 is 0 Å². The standard InChI is InChI=1S/C50H94N2O6/c1-5-7-9-11-13-15-17-19-21-23-25-27-29-31-33-35-45-56-49(54)39-42-52(44-47-58-48(53)38-37-41-51(3)4)43-40-50(55)57-46-36-34-32-30-28-26-24-22-20-18-16-14-12-10-8-6-2/h19-22H,5-18,23-47H2,1-4H3/b21-19-,22-20-. The number of nitrogens with zero attached hydrogens (tertiary/aromatic N) is 2. The van der Waals surface area contributed by atoms with E-state index in [1.165, 1.54) is 154 Å². The lowest BCUT2D eigenvalue weighted by atomic mass is 10.1. The topological polar surface area (TPSA) is 85.4 Å². The quantitative estimate of drug-likeness (QED) is 0.0260. The molecule has 58 heavy (non-hydrogen) atoms. The molecule has 0 aliphatic carbocycles. The van der Waals surface area contributed by atoms with Crippen LogP contribution >= 0.6 is 0 Å². The van der Waals surface area contributed by atoms with E-state index in [0.717, 1.165) is 38.6 Å². The second-order valence-electron chi connectivity index (χ2n) is 16.8. The van der Waals surface area contributed by atoms with Gasteiger partial charge in [0.15, 0.2) is 0 Å². The molecule has 340 valence electrons. The molecule has 0 aromatic rings. The van der Waals surface area contributed by atoms with Gasteiger partial charge in [-0.05, 0) is 91.3 Å². The summed E-state index contributed by atoms with van der Waals surface area (Å²) in [7, 11) is 3.97. The monoisotopic (exact) mass is 819 g/mol. The third kappa shape index (κ3) is 44.9. The number of rotatable bonds is 45. The molecule has 8 nitrogen and oxygen atoms in total. The van der Waals surface area contributed by atoms with E-state index in [1.807, 2.05) is 23.9 Å². The lowest BCUT2D eigenvalue weighted by Gasteiger charge is -2.21. The van der Waals surface area contributed by atoms with Gasteiger partial charge >= 0.3 is 17.9 Å². The zero-order valence-electron chi connectivity index (χ0n) is 38.7. The van der Waals surface area contributed by atoms with Gasteiger partial charge in [0, 0.05) is 26.1 Å². The maximum absolute atomic E-state index is 12.5. The fraction of sp³-hybridized carbons (Fsp3) is 0.860. The van der Waals surface area contributed by atoms with Crippen molar-refractivity contribution in [1.82, 2.24) is 9.80 Å². The number of carbonyl (C=O) groups is 3. The number of hydrogen-bond donors (Lipinski definition) is 0. The predicted molar refractivity (Wildman–Crippen MR) is 245 cm³/mol. The van der Waals surface area contributed by atoms with Gasteiger partial charge < -0.3 is 19.1 Å². The van der Waals surface area contributed by atoms with Crippen molar-refractivity contribution in [3.63, 3.8) is 0 Å². The molecule has 0 aliphatic heterocycles. The van der Waals surface area contributed by atoms with Gasteiger partial charge in [0.05, 0.1) is 26.1 Å². The third-order valence-corrected chi connectivity index (χ3v) is 10.8. The van der Waals surface area contributed by atoms with Gasteiger partial charge in [-0.15, -0.1) is 0 Å². The normalized spacial score (nSPS) is 11.8. The maximum atomic E-state index is 12.5. The average molecular weight is 819 g/mol. The Balaban J connectivity index is 4.15. The predicted octanol–water partition coefficient (Wildman–Crippen LogP) is 13.1. The highest BCUT2D eigenvalue weighted by molar-refractivity contribution is 5.70. The van der Waals surface area contributed by atoms with E-state index in [2.05, 4.69) is 38.2 Å². The minimum absolute atomic E-state index is 0.216. The second kappa shape index (κ2) is 45.9. The van der Waals surface area contributed by atoms with Crippen LogP contribution in [0.4, 0.5) is 0 Å².